The van der Waals surface area contributed by atoms with E-state index in [-0.39, 0.29) is 19.8 Å². The fraction of sp³-hybridized carbons (Fsp3) is 0.0833. The largest absolute Gasteiger partial charge is 0.277 e. The van der Waals surface area contributed by atoms with Crippen LogP contribution < -0.4 is 9.44 Å². The lowest BCUT2D eigenvalue weighted by molar-refractivity contribution is 0.600. The highest BCUT2D eigenvalue weighted by Gasteiger charge is 2.26. The number of anilines is 2. The Morgan fingerprint density at radius 3 is 1.62 bits per heavy atom. The molecule has 3 aromatic carbocycles. The Morgan fingerprint density at radius 2 is 1.14 bits per heavy atom. The molecular weight excluding hydrogens is 598 g/mol. The highest BCUT2D eigenvalue weighted by atomic mass is 35.5. The van der Waals surface area contributed by atoms with Gasteiger partial charge in [0.2, 0.25) is 0 Å². The van der Waals surface area contributed by atoms with E-state index in [1.54, 1.807) is 50.2 Å². The molecule has 5 aromatic rings. The zero-order chi connectivity index (χ0) is 26.7. The molecule has 0 unspecified atom stereocenters. The van der Waals surface area contributed by atoms with Gasteiger partial charge in [-0.05, 0) is 84.3 Å². The molecule has 0 spiro atoms. The van der Waals surface area contributed by atoms with Crippen LogP contribution in [0.25, 0.3) is 20.2 Å². The Kier molecular flexibility index (Phi) is 6.66. The number of hydrogen-bond acceptors (Lipinski definition) is 6. The zero-order valence-electron chi connectivity index (χ0n) is 19.1. The second-order valence-electron chi connectivity index (χ2n) is 8.21. The van der Waals surface area contributed by atoms with Crippen LogP contribution in [0.5, 0.6) is 0 Å². The molecule has 6 nitrogen and oxygen atoms in total. The number of aryl methyl sites for hydroxylation is 2. The summed E-state index contributed by atoms with van der Waals surface area (Å²) in [6, 6.07) is 13.3. The third-order valence-electron chi connectivity index (χ3n) is 5.67. The normalized spacial score (nSPS) is 12.4. The highest BCUT2D eigenvalue weighted by molar-refractivity contribution is 7.95. The Bertz CT molecular complexity index is 1930. The van der Waals surface area contributed by atoms with Gasteiger partial charge in [0.1, 0.15) is 14.2 Å². The number of nitrogens with one attached hydrogen (secondary N) is 2. The van der Waals surface area contributed by atoms with Gasteiger partial charge in [-0.1, -0.05) is 23.2 Å². The van der Waals surface area contributed by atoms with Crippen LogP contribution in [0.4, 0.5) is 15.8 Å². The third-order valence-corrected chi connectivity index (χ3v) is 12.7. The van der Waals surface area contributed by atoms with Gasteiger partial charge in [0, 0.05) is 25.5 Å². The molecule has 0 aliphatic heterocycles. The molecule has 0 radical (unpaired) electrons. The lowest BCUT2D eigenvalue weighted by Crippen LogP contribution is -2.17. The zero-order valence-corrected chi connectivity index (χ0v) is 23.9. The van der Waals surface area contributed by atoms with Crippen LogP contribution in [-0.2, 0) is 20.0 Å². The molecule has 2 N–H and O–H groups in total. The van der Waals surface area contributed by atoms with Crippen molar-refractivity contribution in [3.8, 4) is 0 Å². The third kappa shape index (κ3) is 4.91. The summed E-state index contributed by atoms with van der Waals surface area (Å²) >= 11 is 14.2. The summed E-state index contributed by atoms with van der Waals surface area (Å²) in [5, 5.41) is 2.31. The number of hydrogen-bond donors (Lipinski definition) is 2. The molecule has 0 saturated heterocycles. The van der Waals surface area contributed by atoms with Crippen LogP contribution in [0, 0.1) is 19.7 Å². The van der Waals surface area contributed by atoms with E-state index in [2.05, 4.69) is 9.44 Å². The average molecular weight is 616 g/mol. The van der Waals surface area contributed by atoms with E-state index in [0.717, 1.165) is 39.5 Å². The van der Waals surface area contributed by atoms with E-state index < -0.39 is 25.9 Å². The van der Waals surface area contributed by atoms with Crippen molar-refractivity contribution in [1.82, 2.24) is 0 Å². The number of sulfonamides is 2. The first-order chi connectivity index (χ1) is 17.4. The molecule has 13 heteroatoms. The van der Waals surface area contributed by atoms with Gasteiger partial charge in [-0.2, -0.15) is 0 Å². The van der Waals surface area contributed by atoms with Crippen molar-refractivity contribution in [1.29, 1.82) is 0 Å². The molecule has 0 saturated carbocycles. The van der Waals surface area contributed by atoms with Crippen LogP contribution in [0.3, 0.4) is 0 Å². The Labute approximate surface area is 230 Å². The highest BCUT2D eigenvalue weighted by Crippen LogP contribution is 2.39. The quantitative estimate of drug-likeness (QED) is 0.204. The Morgan fingerprint density at radius 1 is 0.676 bits per heavy atom. The van der Waals surface area contributed by atoms with Crippen molar-refractivity contribution in [3.05, 3.63) is 81.6 Å². The molecule has 192 valence electrons. The summed E-state index contributed by atoms with van der Waals surface area (Å²) in [4.78, 5) is 0. The van der Waals surface area contributed by atoms with Gasteiger partial charge in [-0.25, -0.2) is 21.2 Å². The summed E-state index contributed by atoms with van der Waals surface area (Å²) in [5.74, 6) is -0.742. The van der Waals surface area contributed by atoms with Crippen molar-refractivity contribution in [3.63, 3.8) is 0 Å². The van der Waals surface area contributed by atoms with Gasteiger partial charge in [-0.15, -0.1) is 22.7 Å². The smallest absolute Gasteiger partial charge is 0.271 e. The second-order valence-corrected chi connectivity index (χ2v) is 14.9. The fourth-order valence-electron chi connectivity index (χ4n) is 3.93. The SMILES string of the molecule is Cc1c(S(=O)(=O)Nc2ccc(F)cc2NS(=O)(=O)c2sc3ccc(Cl)cc3c2C)sc2ccc(Cl)cc12. The van der Waals surface area contributed by atoms with E-state index in [1.807, 2.05) is 0 Å². The molecule has 0 amide bonds. The summed E-state index contributed by atoms with van der Waals surface area (Å²) in [6.45, 7) is 3.31. The maximum absolute atomic E-state index is 14.2. The maximum Gasteiger partial charge on any atom is 0.271 e. The van der Waals surface area contributed by atoms with E-state index in [0.29, 0.717) is 36.6 Å². The fourth-order valence-corrected chi connectivity index (χ4v) is 9.92. The van der Waals surface area contributed by atoms with Crippen molar-refractivity contribution in [2.75, 3.05) is 9.44 Å². The van der Waals surface area contributed by atoms with Crippen LogP contribution >= 0.6 is 45.9 Å². The first-order valence-electron chi connectivity index (χ1n) is 10.6. The molecule has 5 rings (SSSR count). The minimum atomic E-state index is -4.20. The van der Waals surface area contributed by atoms with E-state index in [4.69, 9.17) is 23.2 Å². The topological polar surface area (TPSA) is 92.3 Å². The van der Waals surface area contributed by atoms with Gasteiger partial charge in [0.15, 0.2) is 0 Å². The summed E-state index contributed by atoms with van der Waals surface area (Å²) in [7, 11) is -8.35. The molecule has 0 atom stereocenters. The summed E-state index contributed by atoms with van der Waals surface area (Å²) in [5.41, 5.74) is 0.605. The predicted molar refractivity (Wildman–Crippen MR) is 151 cm³/mol. The van der Waals surface area contributed by atoms with Gasteiger partial charge >= 0.3 is 0 Å². The second kappa shape index (κ2) is 9.40. The molecular formula is C24H17Cl2FN2O4S4. The van der Waals surface area contributed by atoms with Crippen LogP contribution in [0.2, 0.25) is 10.0 Å². The molecule has 0 bridgehead atoms. The minimum Gasteiger partial charge on any atom is -0.277 e. The maximum atomic E-state index is 14.2. The van der Waals surface area contributed by atoms with Gasteiger partial charge in [-0.3, -0.25) is 9.44 Å². The first-order valence-corrected chi connectivity index (χ1v) is 15.9. The van der Waals surface area contributed by atoms with Gasteiger partial charge in [0.25, 0.3) is 20.0 Å². The molecule has 0 fully saturated rings. The van der Waals surface area contributed by atoms with E-state index in [1.165, 1.54) is 6.07 Å². The van der Waals surface area contributed by atoms with Crippen LogP contribution in [0.1, 0.15) is 11.1 Å². The molecule has 2 aromatic heterocycles. The van der Waals surface area contributed by atoms with Crippen molar-refractivity contribution < 1.29 is 21.2 Å². The number of thiophene rings is 2. The van der Waals surface area contributed by atoms with Crippen LogP contribution in [0.15, 0.2) is 63.0 Å². The summed E-state index contributed by atoms with van der Waals surface area (Å²) < 4.78 is 73.8. The van der Waals surface area contributed by atoms with Crippen LogP contribution in [-0.4, -0.2) is 16.8 Å². The number of benzene rings is 3. The van der Waals surface area contributed by atoms with E-state index >= 15 is 0 Å². The lowest BCUT2D eigenvalue weighted by Gasteiger charge is -2.14. The predicted octanol–water partition coefficient (Wildman–Crippen LogP) is 7.78. The number of halogens is 3. The Balaban J connectivity index is 1.54. The summed E-state index contributed by atoms with van der Waals surface area (Å²) in [6.07, 6.45) is 0. The van der Waals surface area contributed by atoms with Gasteiger partial charge in [0.05, 0.1) is 11.4 Å². The number of fused-ring (bicyclic) bond motifs is 2. The molecule has 2 heterocycles. The van der Waals surface area contributed by atoms with Crippen molar-refractivity contribution in [2.45, 2.75) is 22.3 Å². The van der Waals surface area contributed by atoms with Crippen molar-refractivity contribution >= 4 is 97.5 Å². The number of rotatable bonds is 6. The monoisotopic (exact) mass is 614 g/mol. The minimum absolute atomic E-state index is 0.0139. The van der Waals surface area contributed by atoms with Crippen molar-refractivity contribution in [2.24, 2.45) is 0 Å². The molecule has 37 heavy (non-hydrogen) atoms. The molecule has 0 aliphatic rings. The average Bonchev–Trinajstić information content (AvgIpc) is 3.33. The van der Waals surface area contributed by atoms with Gasteiger partial charge < -0.3 is 0 Å². The van der Waals surface area contributed by atoms with E-state index in [9.17, 15) is 21.2 Å². The standard InChI is InChI=1S/C24H17Cl2FN2O4S4/c1-12-17-9-14(25)3-7-21(17)34-23(12)36(30,31)28-19-6-5-16(27)11-20(19)29-37(32,33)24-13(2)18-10-15(26)4-8-22(18)35-24/h3-11,28-29H,1-2H3. The molecule has 0 aliphatic carbocycles. The first kappa shape index (κ1) is 26.2. The Hall–Kier alpha value is -2.41. The lowest BCUT2D eigenvalue weighted by atomic mass is 10.2.